The van der Waals surface area contributed by atoms with Crippen molar-refractivity contribution in [3.63, 3.8) is 0 Å². The Hall–Kier alpha value is -0.120. The maximum absolute atomic E-state index is 5.98. The quantitative estimate of drug-likeness (QED) is 0.690. The van der Waals surface area contributed by atoms with Crippen molar-refractivity contribution >= 4 is 0 Å². The molecule has 16 heavy (non-hydrogen) atoms. The SMILES string of the molecule is C1CCC(OCOC23CCC(CC2)C3)OC1. The number of fused-ring (bicyclic) bond motifs is 2. The Labute approximate surface area is 97.4 Å². The number of rotatable bonds is 4. The highest BCUT2D eigenvalue weighted by Crippen LogP contribution is 2.49. The molecule has 1 heterocycles. The highest BCUT2D eigenvalue weighted by atomic mass is 16.8. The number of ether oxygens (including phenoxy) is 3. The van der Waals surface area contributed by atoms with Gasteiger partial charge in [-0.1, -0.05) is 0 Å². The third-order valence-electron chi connectivity index (χ3n) is 4.43. The number of hydrogen-bond acceptors (Lipinski definition) is 3. The molecule has 0 aromatic rings. The molecule has 0 radical (unpaired) electrons. The van der Waals surface area contributed by atoms with E-state index in [0.29, 0.717) is 6.79 Å². The van der Waals surface area contributed by atoms with Crippen LogP contribution in [0.25, 0.3) is 0 Å². The molecule has 1 saturated heterocycles. The monoisotopic (exact) mass is 226 g/mol. The summed E-state index contributed by atoms with van der Waals surface area (Å²) in [5.41, 5.74) is 0.180. The van der Waals surface area contributed by atoms with Gasteiger partial charge in [0.05, 0.1) is 5.60 Å². The van der Waals surface area contributed by atoms with Crippen LogP contribution in [0.3, 0.4) is 0 Å². The summed E-state index contributed by atoms with van der Waals surface area (Å²) >= 11 is 0. The minimum Gasteiger partial charge on any atom is -0.353 e. The van der Waals surface area contributed by atoms with Crippen molar-refractivity contribution in [1.29, 1.82) is 0 Å². The van der Waals surface area contributed by atoms with Crippen LogP contribution in [0, 0.1) is 5.92 Å². The highest BCUT2D eigenvalue weighted by Gasteiger charge is 2.45. The van der Waals surface area contributed by atoms with Crippen LogP contribution in [-0.2, 0) is 14.2 Å². The topological polar surface area (TPSA) is 27.7 Å². The van der Waals surface area contributed by atoms with Crippen molar-refractivity contribution in [1.82, 2.24) is 0 Å². The predicted molar refractivity (Wildman–Crippen MR) is 59.9 cm³/mol. The average molecular weight is 226 g/mol. The molecule has 2 saturated carbocycles. The summed E-state index contributed by atoms with van der Waals surface area (Å²) in [4.78, 5) is 0. The van der Waals surface area contributed by atoms with Gasteiger partial charge in [-0.2, -0.15) is 0 Å². The Kier molecular flexibility index (Phi) is 3.18. The molecule has 0 aromatic carbocycles. The van der Waals surface area contributed by atoms with Gasteiger partial charge in [0.15, 0.2) is 13.1 Å². The standard InChI is InChI=1S/C13H22O3/c1-2-8-14-12(3-1)15-10-16-13-6-4-11(9-13)5-7-13/h11-12H,1-10H2. The lowest BCUT2D eigenvalue weighted by Gasteiger charge is -2.29. The predicted octanol–water partition coefficient (Wildman–Crippen LogP) is 2.84. The second kappa shape index (κ2) is 4.63. The van der Waals surface area contributed by atoms with E-state index in [1.54, 1.807) is 0 Å². The van der Waals surface area contributed by atoms with Gasteiger partial charge in [-0.15, -0.1) is 0 Å². The first-order valence-corrected chi connectivity index (χ1v) is 6.74. The van der Waals surface area contributed by atoms with Crippen LogP contribution >= 0.6 is 0 Å². The molecule has 1 unspecified atom stereocenters. The summed E-state index contributed by atoms with van der Waals surface area (Å²) in [6.07, 6.45) is 9.88. The molecule has 2 bridgehead atoms. The van der Waals surface area contributed by atoms with E-state index in [1.165, 1.54) is 44.9 Å². The van der Waals surface area contributed by atoms with Gasteiger partial charge in [-0.25, -0.2) is 0 Å². The fourth-order valence-electron chi connectivity index (χ4n) is 3.42. The van der Waals surface area contributed by atoms with Gasteiger partial charge in [0.1, 0.15) is 0 Å². The Morgan fingerprint density at radius 2 is 2.00 bits per heavy atom. The number of hydrogen-bond donors (Lipinski definition) is 0. The second-order valence-electron chi connectivity index (χ2n) is 5.56. The molecule has 0 aromatic heterocycles. The largest absolute Gasteiger partial charge is 0.353 e. The van der Waals surface area contributed by atoms with Crippen molar-refractivity contribution < 1.29 is 14.2 Å². The third kappa shape index (κ3) is 2.27. The normalized spacial score (nSPS) is 42.8. The molecule has 1 aliphatic heterocycles. The van der Waals surface area contributed by atoms with E-state index >= 15 is 0 Å². The molecule has 0 spiro atoms. The lowest BCUT2D eigenvalue weighted by Crippen LogP contribution is -2.30. The van der Waals surface area contributed by atoms with E-state index in [0.717, 1.165) is 18.9 Å². The summed E-state index contributed by atoms with van der Waals surface area (Å²) in [5.74, 6) is 0.936. The third-order valence-corrected chi connectivity index (χ3v) is 4.43. The first-order valence-electron chi connectivity index (χ1n) is 6.74. The van der Waals surface area contributed by atoms with E-state index in [2.05, 4.69) is 0 Å². The van der Waals surface area contributed by atoms with Crippen LogP contribution in [0.2, 0.25) is 0 Å². The Bertz CT molecular complexity index is 227. The maximum atomic E-state index is 5.98. The molecular weight excluding hydrogens is 204 g/mol. The van der Waals surface area contributed by atoms with Gasteiger partial charge in [0.25, 0.3) is 0 Å². The van der Waals surface area contributed by atoms with Crippen LogP contribution in [0.1, 0.15) is 51.4 Å². The van der Waals surface area contributed by atoms with Gasteiger partial charge in [0, 0.05) is 6.61 Å². The van der Waals surface area contributed by atoms with Crippen molar-refractivity contribution in [2.75, 3.05) is 13.4 Å². The van der Waals surface area contributed by atoms with Gasteiger partial charge >= 0.3 is 0 Å². The zero-order valence-electron chi connectivity index (χ0n) is 9.95. The fourth-order valence-corrected chi connectivity index (χ4v) is 3.42. The second-order valence-corrected chi connectivity index (χ2v) is 5.56. The molecule has 3 rings (SSSR count). The smallest absolute Gasteiger partial charge is 0.160 e. The van der Waals surface area contributed by atoms with Crippen LogP contribution in [0.15, 0.2) is 0 Å². The van der Waals surface area contributed by atoms with Crippen LogP contribution in [0.5, 0.6) is 0 Å². The van der Waals surface area contributed by atoms with E-state index in [4.69, 9.17) is 14.2 Å². The molecule has 3 heteroatoms. The van der Waals surface area contributed by atoms with Gasteiger partial charge < -0.3 is 14.2 Å². The van der Waals surface area contributed by atoms with Crippen LogP contribution < -0.4 is 0 Å². The van der Waals surface area contributed by atoms with Gasteiger partial charge in [-0.05, 0) is 57.3 Å². The van der Waals surface area contributed by atoms with Gasteiger partial charge in [-0.3, -0.25) is 0 Å². The minimum absolute atomic E-state index is 0.0104. The van der Waals surface area contributed by atoms with Crippen molar-refractivity contribution in [3.8, 4) is 0 Å². The lowest BCUT2D eigenvalue weighted by atomic mass is 9.97. The zero-order chi connectivity index (χ0) is 10.8. The average Bonchev–Trinajstić information content (AvgIpc) is 2.91. The molecule has 92 valence electrons. The molecule has 3 nitrogen and oxygen atoms in total. The Balaban J connectivity index is 1.39. The van der Waals surface area contributed by atoms with Crippen LogP contribution in [-0.4, -0.2) is 25.3 Å². The first-order chi connectivity index (χ1) is 7.86. The highest BCUT2D eigenvalue weighted by molar-refractivity contribution is 4.97. The van der Waals surface area contributed by atoms with Crippen molar-refractivity contribution in [3.05, 3.63) is 0 Å². The summed E-state index contributed by atoms with van der Waals surface area (Å²) in [7, 11) is 0. The van der Waals surface area contributed by atoms with Crippen molar-refractivity contribution in [2.24, 2.45) is 5.92 Å². The molecule has 3 fully saturated rings. The lowest BCUT2D eigenvalue weighted by molar-refractivity contribution is -0.233. The maximum Gasteiger partial charge on any atom is 0.160 e. The summed E-state index contributed by atoms with van der Waals surface area (Å²) in [5, 5.41) is 0. The Morgan fingerprint density at radius 1 is 1.12 bits per heavy atom. The van der Waals surface area contributed by atoms with E-state index in [9.17, 15) is 0 Å². The van der Waals surface area contributed by atoms with E-state index in [1.807, 2.05) is 0 Å². The van der Waals surface area contributed by atoms with E-state index in [-0.39, 0.29) is 11.9 Å². The van der Waals surface area contributed by atoms with E-state index < -0.39 is 0 Å². The molecule has 3 aliphatic rings. The summed E-state index contributed by atoms with van der Waals surface area (Å²) < 4.78 is 17.1. The summed E-state index contributed by atoms with van der Waals surface area (Å²) in [6.45, 7) is 1.27. The molecule has 2 aliphatic carbocycles. The molecule has 0 amide bonds. The molecular formula is C13H22O3. The van der Waals surface area contributed by atoms with Crippen molar-refractivity contribution in [2.45, 2.75) is 63.3 Å². The Morgan fingerprint density at radius 3 is 2.62 bits per heavy atom. The minimum atomic E-state index is -0.0104. The molecule has 1 atom stereocenters. The van der Waals surface area contributed by atoms with Gasteiger partial charge in [0.2, 0.25) is 0 Å². The first kappa shape index (κ1) is 11.0. The summed E-state index contributed by atoms with van der Waals surface area (Å²) in [6, 6.07) is 0. The van der Waals surface area contributed by atoms with Crippen LogP contribution in [0.4, 0.5) is 0 Å². The molecule has 0 N–H and O–H groups in total. The fraction of sp³-hybridized carbons (Fsp3) is 1.00. The zero-order valence-corrected chi connectivity index (χ0v) is 9.95.